The fourth-order valence-electron chi connectivity index (χ4n) is 2.59. The predicted octanol–water partition coefficient (Wildman–Crippen LogP) is 6.96. The largest absolute Gasteiger partial charge is 0.414 e. The van der Waals surface area contributed by atoms with Crippen LogP contribution >= 0.6 is 0 Å². The lowest BCUT2D eigenvalue weighted by atomic mass is 10.1. The minimum absolute atomic E-state index is 0.269. The van der Waals surface area contributed by atoms with Gasteiger partial charge in [0.2, 0.25) is 0 Å². The van der Waals surface area contributed by atoms with Crippen molar-refractivity contribution in [3.8, 4) is 0 Å². The molecule has 158 valence electrons. The van der Waals surface area contributed by atoms with E-state index in [9.17, 15) is 0 Å². The summed E-state index contributed by atoms with van der Waals surface area (Å²) < 4.78 is 17.4. The average molecular weight is 389 g/mol. The summed E-state index contributed by atoms with van der Waals surface area (Å²) in [6.07, 6.45) is 13.7. The van der Waals surface area contributed by atoms with Crippen molar-refractivity contribution < 1.29 is 13.9 Å². The first kappa shape index (κ1) is 26.1. The fourth-order valence-corrected chi connectivity index (χ4v) is 3.61. The van der Waals surface area contributed by atoms with Crippen molar-refractivity contribution in [3.05, 3.63) is 0 Å². The standard InChI is InChI=1S/C22H48O3Si/c1-7-8-9-10-11-12-13-14-15-16-17-23-18-19-24-20-21-25-26(5,6)22(2,3)4/h7-21H2,1-6H3. The van der Waals surface area contributed by atoms with E-state index in [1.807, 2.05) is 0 Å². The second kappa shape index (κ2) is 16.1. The van der Waals surface area contributed by atoms with E-state index in [1.54, 1.807) is 0 Å². The van der Waals surface area contributed by atoms with Crippen LogP contribution in [-0.2, 0) is 13.9 Å². The molecule has 26 heavy (non-hydrogen) atoms. The van der Waals surface area contributed by atoms with Gasteiger partial charge in [0, 0.05) is 6.61 Å². The Hall–Kier alpha value is 0.0969. The number of hydrogen-bond acceptors (Lipinski definition) is 3. The molecule has 0 saturated carbocycles. The van der Waals surface area contributed by atoms with Crippen LogP contribution in [0.15, 0.2) is 0 Å². The maximum atomic E-state index is 6.09. The molecule has 0 aromatic carbocycles. The summed E-state index contributed by atoms with van der Waals surface area (Å²) in [4.78, 5) is 0. The molecule has 0 aromatic rings. The van der Waals surface area contributed by atoms with E-state index in [0.717, 1.165) is 6.61 Å². The third kappa shape index (κ3) is 15.2. The van der Waals surface area contributed by atoms with Gasteiger partial charge in [-0.05, 0) is 24.6 Å². The third-order valence-corrected chi connectivity index (χ3v) is 10.0. The van der Waals surface area contributed by atoms with Crippen molar-refractivity contribution >= 4 is 8.32 Å². The lowest BCUT2D eigenvalue weighted by Crippen LogP contribution is -2.41. The van der Waals surface area contributed by atoms with E-state index in [4.69, 9.17) is 13.9 Å². The molecule has 3 nitrogen and oxygen atoms in total. The lowest BCUT2D eigenvalue weighted by molar-refractivity contribution is 0.0336. The second-order valence-electron chi connectivity index (χ2n) is 9.02. The highest BCUT2D eigenvalue weighted by atomic mass is 28.4. The van der Waals surface area contributed by atoms with E-state index in [0.29, 0.717) is 26.4 Å². The Morgan fingerprint density at radius 3 is 1.50 bits per heavy atom. The third-order valence-electron chi connectivity index (χ3n) is 5.51. The molecule has 0 heterocycles. The molecule has 0 aliphatic rings. The van der Waals surface area contributed by atoms with E-state index in [1.165, 1.54) is 64.2 Å². The average Bonchev–Trinajstić information content (AvgIpc) is 2.56. The fraction of sp³-hybridized carbons (Fsp3) is 1.00. The van der Waals surface area contributed by atoms with Crippen LogP contribution in [0, 0.1) is 0 Å². The first-order chi connectivity index (χ1) is 12.3. The monoisotopic (exact) mass is 388 g/mol. The zero-order chi connectivity index (χ0) is 19.7. The zero-order valence-electron chi connectivity index (χ0n) is 18.8. The molecular formula is C22H48O3Si. The Morgan fingerprint density at radius 1 is 0.577 bits per heavy atom. The van der Waals surface area contributed by atoms with Gasteiger partial charge >= 0.3 is 0 Å². The molecule has 0 fully saturated rings. The first-order valence-electron chi connectivity index (χ1n) is 11.1. The highest BCUT2D eigenvalue weighted by Crippen LogP contribution is 2.36. The van der Waals surface area contributed by atoms with Crippen LogP contribution < -0.4 is 0 Å². The molecule has 0 aliphatic carbocycles. The SMILES string of the molecule is CCCCCCCCCCCCOCCOCCO[Si](C)(C)C(C)(C)C. The van der Waals surface area contributed by atoms with E-state index in [2.05, 4.69) is 40.8 Å². The quantitative estimate of drug-likeness (QED) is 0.187. The zero-order valence-corrected chi connectivity index (χ0v) is 19.8. The maximum absolute atomic E-state index is 6.09. The highest BCUT2D eigenvalue weighted by molar-refractivity contribution is 6.74. The van der Waals surface area contributed by atoms with Gasteiger partial charge in [0.25, 0.3) is 0 Å². The number of unbranched alkanes of at least 4 members (excludes halogenated alkanes) is 9. The van der Waals surface area contributed by atoms with Gasteiger partial charge in [-0.2, -0.15) is 0 Å². The van der Waals surface area contributed by atoms with Crippen molar-refractivity contribution in [1.29, 1.82) is 0 Å². The molecular weight excluding hydrogens is 340 g/mol. The first-order valence-corrected chi connectivity index (χ1v) is 14.0. The number of rotatable bonds is 18. The summed E-state index contributed by atoms with van der Waals surface area (Å²) in [7, 11) is -1.63. The molecule has 0 unspecified atom stereocenters. The Bertz CT molecular complexity index is 300. The summed E-state index contributed by atoms with van der Waals surface area (Å²) in [6.45, 7) is 17.3. The topological polar surface area (TPSA) is 27.7 Å². The smallest absolute Gasteiger partial charge is 0.192 e. The number of hydrogen-bond donors (Lipinski definition) is 0. The second-order valence-corrected chi connectivity index (χ2v) is 13.8. The molecule has 0 saturated heterocycles. The molecule has 0 radical (unpaired) electrons. The van der Waals surface area contributed by atoms with E-state index < -0.39 is 8.32 Å². The van der Waals surface area contributed by atoms with Gasteiger partial charge in [-0.1, -0.05) is 85.5 Å². The minimum atomic E-state index is -1.63. The highest BCUT2D eigenvalue weighted by Gasteiger charge is 2.36. The van der Waals surface area contributed by atoms with Crippen LogP contribution in [0.3, 0.4) is 0 Å². The van der Waals surface area contributed by atoms with Gasteiger partial charge < -0.3 is 13.9 Å². The summed E-state index contributed by atoms with van der Waals surface area (Å²) in [5, 5.41) is 0.269. The molecule has 0 rings (SSSR count). The predicted molar refractivity (Wildman–Crippen MR) is 117 cm³/mol. The Kier molecular flexibility index (Phi) is 16.1. The molecule has 0 aliphatic heterocycles. The van der Waals surface area contributed by atoms with Crippen LogP contribution in [0.1, 0.15) is 91.9 Å². The van der Waals surface area contributed by atoms with Gasteiger partial charge in [0.1, 0.15) is 0 Å². The van der Waals surface area contributed by atoms with Gasteiger partial charge in [0.15, 0.2) is 8.32 Å². The van der Waals surface area contributed by atoms with Gasteiger partial charge in [-0.25, -0.2) is 0 Å². The van der Waals surface area contributed by atoms with Crippen LogP contribution in [-0.4, -0.2) is 41.4 Å². The maximum Gasteiger partial charge on any atom is 0.192 e. The molecule has 0 amide bonds. The van der Waals surface area contributed by atoms with Crippen molar-refractivity contribution in [1.82, 2.24) is 0 Å². The molecule has 0 N–H and O–H groups in total. The van der Waals surface area contributed by atoms with E-state index in [-0.39, 0.29) is 5.04 Å². The van der Waals surface area contributed by atoms with Crippen LogP contribution in [0.2, 0.25) is 18.1 Å². The molecule has 0 atom stereocenters. The molecule has 0 bridgehead atoms. The van der Waals surface area contributed by atoms with E-state index >= 15 is 0 Å². The van der Waals surface area contributed by atoms with Crippen molar-refractivity contribution in [3.63, 3.8) is 0 Å². The van der Waals surface area contributed by atoms with Crippen molar-refractivity contribution in [2.45, 2.75) is 110 Å². The van der Waals surface area contributed by atoms with Crippen LogP contribution in [0.4, 0.5) is 0 Å². The minimum Gasteiger partial charge on any atom is -0.414 e. The van der Waals surface area contributed by atoms with Gasteiger partial charge in [-0.3, -0.25) is 0 Å². The molecule has 4 heteroatoms. The summed E-state index contributed by atoms with van der Waals surface area (Å²) in [5.41, 5.74) is 0. The Balaban J connectivity index is 3.21. The van der Waals surface area contributed by atoms with Crippen LogP contribution in [0.5, 0.6) is 0 Å². The molecule has 0 spiro atoms. The summed E-state index contributed by atoms with van der Waals surface area (Å²) in [6, 6.07) is 0. The Labute approximate surface area is 165 Å². The van der Waals surface area contributed by atoms with Gasteiger partial charge in [-0.15, -0.1) is 0 Å². The summed E-state index contributed by atoms with van der Waals surface area (Å²) >= 11 is 0. The van der Waals surface area contributed by atoms with Crippen LogP contribution in [0.25, 0.3) is 0 Å². The van der Waals surface area contributed by atoms with Gasteiger partial charge in [0.05, 0.1) is 26.4 Å². The number of ether oxygens (including phenoxy) is 2. The Morgan fingerprint density at radius 2 is 1.00 bits per heavy atom. The normalized spacial score (nSPS) is 12.7. The summed E-state index contributed by atoms with van der Waals surface area (Å²) in [5.74, 6) is 0. The lowest BCUT2D eigenvalue weighted by Gasteiger charge is -2.36. The molecule has 0 aromatic heterocycles. The van der Waals surface area contributed by atoms with Crippen molar-refractivity contribution in [2.24, 2.45) is 0 Å². The van der Waals surface area contributed by atoms with Crippen molar-refractivity contribution in [2.75, 3.05) is 33.0 Å².